The first kappa shape index (κ1) is 20.4. The van der Waals surface area contributed by atoms with Crippen LogP contribution in [0.1, 0.15) is 12.0 Å². The molecule has 0 atom stereocenters. The summed E-state index contributed by atoms with van der Waals surface area (Å²) in [5.41, 5.74) is 0.931. The third kappa shape index (κ3) is 4.32. The van der Waals surface area contributed by atoms with E-state index in [0.717, 1.165) is 5.56 Å². The van der Waals surface area contributed by atoms with Gasteiger partial charge in [0.1, 0.15) is 11.3 Å². The number of hydrogen-bond acceptors (Lipinski definition) is 5. The van der Waals surface area contributed by atoms with Crippen molar-refractivity contribution >= 4 is 34.2 Å². The third-order valence-corrected chi connectivity index (χ3v) is 5.15. The minimum absolute atomic E-state index is 0.0869. The highest BCUT2D eigenvalue weighted by atomic mass is 35.5. The van der Waals surface area contributed by atoms with Crippen LogP contribution in [-0.2, 0) is 0 Å². The van der Waals surface area contributed by atoms with Crippen molar-refractivity contribution in [2.45, 2.75) is 13.3 Å². The first-order valence-electron chi connectivity index (χ1n) is 9.35. The number of fused-ring (bicyclic) bond motifs is 1. The van der Waals surface area contributed by atoms with Crippen LogP contribution in [0.4, 0.5) is 0 Å². The molecule has 0 aliphatic carbocycles. The van der Waals surface area contributed by atoms with Crippen molar-refractivity contribution in [2.75, 3.05) is 13.2 Å². The van der Waals surface area contributed by atoms with Gasteiger partial charge in [0.15, 0.2) is 5.76 Å². The molecule has 0 fully saturated rings. The molecule has 2 heterocycles. The molecule has 0 N–H and O–H groups in total. The number of hydrogen-bond donors (Lipinski definition) is 0. The van der Waals surface area contributed by atoms with E-state index in [1.807, 2.05) is 6.92 Å². The number of ether oxygens (including phenoxy) is 2. The average molecular weight is 445 g/mol. The molecule has 2 aromatic heterocycles. The van der Waals surface area contributed by atoms with Crippen LogP contribution in [0.25, 0.3) is 22.5 Å². The molecule has 4 rings (SSSR count). The van der Waals surface area contributed by atoms with E-state index in [2.05, 4.69) is 0 Å². The molecule has 0 aliphatic rings. The molecule has 0 saturated heterocycles. The van der Waals surface area contributed by atoms with Crippen LogP contribution in [0.5, 0.6) is 11.5 Å². The molecular formula is C23H18Cl2O5. The lowest BCUT2D eigenvalue weighted by Crippen LogP contribution is -2.13. The second-order valence-corrected chi connectivity index (χ2v) is 7.51. The maximum Gasteiger partial charge on any atom is 0.235 e. The van der Waals surface area contributed by atoms with Crippen LogP contribution in [0.2, 0.25) is 10.0 Å². The number of benzene rings is 2. The number of halogens is 2. The van der Waals surface area contributed by atoms with Gasteiger partial charge in [-0.05, 0) is 61.0 Å². The van der Waals surface area contributed by atoms with Gasteiger partial charge in [-0.25, -0.2) is 0 Å². The summed E-state index contributed by atoms with van der Waals surface area (Å²) in [5, 5.41) is 1.49. The molecular weight excluding hydrogens is 427 g/mol. The Hall–Kier alpha value is -2.89. The summed E-state index contributed by atoms with van der Waals surface area (Å²) in [4.78, 5) is 13.1. The molecule has 4 aromatic rings. The summed E-state index contributed by atoms with van der Waals surface area (Å²) in [6.07, 6.45) is 2.07. The Bertz CT molecular complexity index is 1210. The fourth-order valence-electron chi connectivity index (χ4n) is 2.95. The first-order chi connectivity index (χ1) is 14.5. The molecule has 0 bridgehead atoms. The lowest BCUT2D eigenvalue weighted by Gasteiger charge is -2.11. The Morgan fingerprint density at radius 3 is 2.50 bits per heavy atom. The predicted molar refractivity (Wildman–Crippen MR) is 117 cm³/mol. The summed E-state index contributed by atoms with van der Waals surface area (Å²) in [6, 6.07) is 13.9. The highest BCUT2D eigenvalue weighted by Crippen LogP contribution is 2.33. The van der Waals surface area contributed by atoms with Gasteiger partial charge < -0.3 is 18.3 Å². The van der Waals surface area contributed by atoms with Gasteiger partial charge >= 0.3 is 0 Å². The zero-order valence-electron chi connectivity index (χ0n) is 16.1. The Balaban J connectivity index is 1.55. The first-order valence-corrected chi connectivity index (χ1v) is 10.1. The largest absolute Gasteiger partial charge is 0.493 e. The zero-order chi connectivity index (χ0) is 21.1. The highest BCUT2D eigenvalue weighted by Gasteiger charge is 2.20. The van der Waals surface area contributed by atoms with E-state index < -0.39 is 0 Å². The van der Waals surface area contributed by atoms with Gasteiger partial charge in [-0.1, -0.05) is 23.2 Å². The molecule has 0 aliphatic heterocycles. The SMILES string of the molecule is Cc1cc2oc(-c3ccco3)c(OCCCOc3ccc(Cl)cc3)c(=O)c2cc1Cl. The van der Waals surface area contributed by atoms with E-state index in [9.17, 15) is 4.79 Å². The lowest BCUT2D eigenvalue weighted by molar-refractivity contribution is 0.244. The predicted octanol–water partition coefficient (Wildman–Crippen LogP) is 6.52. The van der Waals surface area contributed by atoms with E-state index in [0.29, 0.717) is 45.6 Å². The molecule has 2 aromatic carbocycles. The summed E-state index contributed by atoms with van der Waals surface area (Å²) in [7, 11) is 0. The van der Waals surface area contributed by atoms with Gasteiger partial charge in [0.25, 0.3) is 0 Å². The van der Waals surface area contributed by atoms with Gasteiger partial charge in [-0.3, -0.25) is 4.79 Å². The van der Waals surface area contributed by atoms with E-state index in [-0.39, 0.29) is 23.5 Å². The number of rotatable bonds is 7. The van der Waals surface area contributed by atoms with Crippen LogP contribution in [0, 0.1) is 6.92 Å². The number of aryl methyl sites for hydroxylation is 1. The lowest BCUT2D eigenvalue weighted by atomic mass is 10.1. The maximum absolute atomic E-state index is 13.1. The second kappa shape index (κ2) is 8.86. The highest BCUT2D eigenvalue weighted by molar-refractivity contribution is 6.32. The molecule has 30 heavy (non-hydrogen) atoms. The van der Waals surface area contributed by atoms with Crippen molar-refractivity contribution < 1.29 is 18.3 Å². The topological polar surface area (TPSA) is 61.8 Å². The quantitative estimate of drug-likeness (QED) is 0.303. The van der Waals surface area contributed by atoms with Crippen molar-refractivity contribution in [3.05, 3.63) is 80.6 Å². The summed E-state index contributed by atoms with van der Waals surface area (Å²) >= 11 is 12.1. The fourth-order valence-corrected chi connectivity index (χ4v) is 3.24. The van der Waals surface area contributed by atoms with Crippen LogP contribution >= 0.6 is 23.2 Å². The van der Waals surface area contributed by atoms with E-state index in [1.54, 1.807) is 48.5 Å². The smallest absolute Gasteiger partial charge is 0.235 e. The third-order valence-electron chi connectivity index (χ3n) is 4.49. The summed E-state index contributed by atoms with van der Waals surface area (Å²) < 4.78 is 22.9. The minimum Gasteiger partial charge on any atom is -0.493 e. The van der Waals surface area contributed by atoms with Crippen molar-refractivity contribution in [2.24, 2.45) is 0 Å². The van der Waals surface area contributed by atoms with E-state index in [4.69, 9.17) is 41.5 Å². The van der Waals surface area contributed by atoms with Gasteiger partial charge in [-0.15, -0.1) is 0 Å². The van der Waals surface area contributed by atoms with E-state index >= 15 is 0 Å². The Morgan fingerprint density at radius 2 is 1.77 bits per heavy atom. The second-order valence-electron chi connectivity index (χ2n) is 6.67. The average Bonchev–Trinajstić information content (AvgIpc) is 3.27. The van der Waals surface area contributed by atoms with Crippen molar-refractivity contribution in [3.8, 4) is 23.0 Å². The molecule has 154 valence electrons. The Labute approximate surface area is 182 Å². The van der Waals surface area contributed by atoms with E-state index in [1.165, 1.54) is 6.26 Å². The molecule has 0 spiro atoms. The molecule has 0 radical (unpaired) electrons. The molecule has 0 unspecified atom stereocenters. The standard InChI is InChI=1S/C23H18Cl2O5/c1-14-12-20-17(13-18(14)25)21(26)23(22(30-20)19-4-2-9-28-19)29-11-3-10-27-16-7-5-15(24)6-8-16/h2,4-9,12-13H,3,10-11H2,1H3. The van der Waals surface area contributed by atoms with Gasteiger partial charge in [-0.2, -0.15) is 0 Å². The van der Waals surface area contributed by atoms with Crippen LogP contribution in [-0.4, -0.2) is 13.2 Å². The Kier molecular flexibility index (Phi) is 6.02. The van der Waals surface area contributed by atoms with Gasteiger partial charge in [0.2, 0.25) is 16.9 Å². The van der Waals surface area contributed by atoms with Crippen molar-refractivity contribution in [1.82, 2.24) is 0 Å². The van der Waals surface area contributed by atoms with Crippen LogP contribution < -0.4 is 14.9 Å². The van der Waals surface area contributed by atoms with Crippen LogP contribution in [0.3, 0.4) is 0 Å². The summed E-state index contributed by atoms with van der Waals surface area (Å²) in [5.74, 6) is 1.46. The fraction of sp³-hybridized carbons (Fsp3) is 0.174. The summed E-state index contributed by atoms with van der Waals surface area (Å²) in [6.45, 7) is 2.53. The monoisotopic (exact) mass is 444 g/mol. The normalized spacial score (nSPS) is 11.0. The van der Waals surface area contributed by atoms with Crippen molar-refractivity contribution in [3.63, 3.8) is 0 Å². The van der Waals surface area contributed by atoms with Gasteiger partial charge in [0.05, 0.1) is 24.9 Å². The molecule has 5 nitrogen and oxygen atoms in total. The van der Waals surface area contributed by atoms with Crippen molar-refractivity contribution in [1.29, 1.82) is 0 Å². The molecule has 0 amide bonds. The molecule has 7 heteroatoms. The van der Waals surface area contributed by atoms with Gasteiger partial charge in [0, 0.05) is 16.5 Å². The molecule has 0 saturated carbocycles. The zero-order valence-corrected chi connectivity index (χ0v) is 17.6. The Morgan fingerprint density at radius 1 is 1.00 bits per heavy atom. The maximum atomic E-state index is 13.1. The van der Waals surface area contributed by atoms with Crippen LogP contribution in [0.15, 0.2) is 68.4 Å². The number of furan rings is 1. The minimum atomic E-state index is -0.303.